The molecule has 36 unspecified atom stereocenters. The SMILES string of the molecule is Cc1cc(OCc2cn(CC3OC4OC5C(CO)OC(OC6C(CO)OC(OC7C(CO)OC(OC8C(CO)OC(OC9C(CO)OC(OC%10C(CO)OC(OC3C(O)C4O)C(O)C%10O)C(O)C9O)C(O)C8O)C(O)C7O)C(O)C6O)C(O)C5O)nn2)cc(C)c1S(=O)(=O)OCC(C)(O)C(=O)[C@H](CC(C)C)NC(=O)[C@H](Cc1ccccc1)NC(=O)[C@H](CC(C)C)NC(=O)[C@H](CCc1ccccc1)NC(=O)CN1CCOCC1. The molecule has 14 bridgehead atoms. The number of aryl methyl sites for hydroxylation is 3. The third-order valence-corrected chi connectivity index (χ3v) is 28.5. The molecule has 0 aliphatic carbocycles. The average Bonchev–Trinajstić information content (AvgIpc) is 1.19. The van der Waals surface area contributed by atoms with Crippen molar-refractivity contribution in [3.05, 3.63) is 107 Å². The number of carbonyl (C=O) groups excluding carboxylic acids is 5. The van der Waals surface area contributed by atoms with Gasteiger partial charge in [-0.25, -0.2) is 4.68 Å². The van der Waals surface area contributed by atoms with Gasteiger partial charge in [-0.3, -0.25) is 33.1 Å². The number of Topliss-reactive ketones (excluding diaryl/α,β-unsaturated/α-hetero) is 1. The summed E-state index contributed by atoms with van der Waals surface area (Å²) < 4.78 is 129. The van der Waals surface area contributed by atoms with Gasteiger partial charge in [0.2, 0.25) is 23.6 Å². The quantitative estimate of drug-likeness (QED) is 0.0190. The number of carbonyl (C=O) groups is 5. The summed E-state index contributed by atoms with van der Waals surface area (Å²) in [5, 5.41) is 260. The molecule has 26 rings (SSSR count). The Morgan fingerprint density at radius 3 is 1.15 bits per heavy atom. The van der Waals surface area contributed by atoms with Gasteiger partial charge < -0.3 is 204 Å². The van der Waals surface area contributed by atoms with Crippen LogP contribution in [0.1, 0.15) is 81.8 Å². The maximum absolute atomic E-state index is 14.9. The number of aliphatic hydroxyl groups is 21. The van der Waals surface area contributed by atoms with Gasteiger partial charge in [0.15, 0.2) is 49.8 Å². The maximum Gasteiger partial charge on any atom is 0.297 e. The molecule has 4 amide bonds. The topological polar surface area (TPSA) is 783 Å². The highest BCUT2D eigenvalue weighted by molar-refractivity contribution is 7.86. The van der Waals surface area contributed by atoms with E-state index >= 15 is 0 Å². The summed E-state index contributed by atoms with van der Waals surface area (Å²) in [5.74, 6) is -4.31. The van der Waals surface area contributed by atoms with Crippen LogP contribution in [0, 0.1) is 25.7 Å². The Morgan fingerprint density at radius 1 is 0.442 bits per heavy atom. The smallest absolute Gasteiger partial charge is 0.297 e. The predicted octanol–water partition coefficient (Wildman–Crippen LogP) is -11.5. The molecular weight excluding hydrogens is 1980 g/mol. The van der Waals surface area contributed by atoms with Crippen molar-refractivity contribution >= 4 is 39.5 Å². The second-order valence-corrected chi connectivity index (χ2v) is 40.6. The first-order valence-electron chi connectivity index (χ1n) is 48.6. The first-order chi connectivity index (χ1) is 69.9. The summed E-state index contributed by atoms with van der Waals surface area (Å²) >= 11 is 0. The highest BCUT2D eigenvalue weighted by Crippen LogP contribution is 2.41. The van der Waals surface area contributed by atoms with Crippen LogP contribution >= 0.6 is 0 Å². The van der Waals surface area contributed by atoms with E-state index in [1.807, 2.05) is 49.1 Å². The molecule has 40 atom stereocenters. The summed E-state index contributed by atoms with van der Waals surface area (Å²) in [5.41, 5.74) is -1.13. The Hall–Kier alpha value is -7.42. The summed E-state index contributed by atoms with van der Waals surface area (Å²) in [6.07, 6.45) is -72.2. The van der Waals surface area contributed by atoms with E-state index in [1.54, 1.807) is 44.2 Å². The number of benzene rings is 3. The minimum atomic E-state index is -4.92. The van der Waals surface area contributed by atoms with Crippen LogP contribution in [-0.2, 0) is 135 Å². The average molecular weight is 2120 g/mol. The molecule has 1 aromatic heterocycles. The lowest BCUT2D eigenvalue weighted by molar-refractivity contribution is -0.396. The van der Waals surface area contributed by atoms with Crippen molar-refractivity contribution < 1.29 is 220 Å². The second-order valence-electron chi connectivity index (χ2n) is 39.1. The normalized spacial score (nSPS) is 36.7. The van der Waals surface area contributed by atoms with Crippen molar-refractivity contribution in [1.29, 1.82) is 0 Å². The molecule has 22 fully saturated rings. The van der Waals surface area contributed by atoms with Crippen LogP contribution < -0.4 is 26.0 Å². The van der Waals surface area contributed by atoms with Crippen molar-refractivity contribution in [3.63, 3.8) is 0 Å². The van der Waals surface area contributed by atoms with E-state index < -0.39 is 349 Å². The molecule has 0 spiro atoms. The fourth-order valence-electron chi connectivity index (χ4n) is 19.0. The van der Waals surface area contributed by atoms with Crippen LogP contribution in [0.2, 0.25) is 0 Å². The van der Waals surface area contributed by atoms with Gasteiger partial charge in [-0.1, -0.05) is 93.6 Å². The van der Waals surface area contributed by atoms with Gasteiger partial charge in [-0.15, -0.1) is 5.10 Å². The number of morpholine rings is 1. The van der Waals surface area contributed by atoms with Crippen LogP contribution in [0.3, 0.4) is 0 Å². The fourth-order valence-corrected chi connectivity index (χ4v) is 20.5. The Bertz CT molecular complexity index is 4950. The van der Waals surface area contributed by atoms with Crippen LogP contribution in [-0.4, -0.2) is 489 Å². The molecule has 22 saturated heterocycles. The van der Waals surface area contributed by atoms with Gasteiger partial charge in [-0.2, -0.15) is 8.42 Å². The van der Waals surface area contributed by atoms with Gasteiger partial charge in [0.05, 0.1) is 78.2 Å². The zero-order valence-corrected chi connectivity index (χ0v) is 82.3. The van der Waals surface area contributed by atoms with Gasteiger partial charge >= 0.3 is 0 Å². The van der Waals surface area contributed by atoms with E-state index in [0.717, 1.165) is 17.2 Å². The largest absolute Gasteiger partial charge is 0.487 e. The Kier molecular flexibility index (Phi) is 41.3. The van der Waals surface area contributed by atoms with Crippen LogP contribution in [0.15, 0.2) is 83.9 Å². The van der Waals surface area contributed by atoms with Crippen LogP contribution in [0.5, 0.6) is 5.75 Å². The van der Waals surface area contributed by atoms with E-state index in [2.05, 4.69) is 31.6 Å². The van der Waals surface area contributed by atoms with Crippen LogP contribution in [0.25, 0.3) is 0 Å². The van der Waals surface area contributed by atoms with Crippen molar-refractivity contribution in [3.8, 4) is 5.75 Å². The minimum absolute atomic E-state index is 0.00247. The Labute approximate surface area is 843 Å². The minimum Gasteiger partial charge on any atom is -0.487 e. The molecule has 4 aromatic rings. The van der Waals surface area contributed by atoms with E-state index in [-0.39, 0.29) is 66.6 Å². The van der Waals surface area contributed by atoms with Crippen molar-refractivity contribution in [2.45, 2.75) is 343 Å². The second kappa shape index (κ2) is 52.0. The number of nitrogens with one attached hydrogen (secondary N) is 4. The number of nitrogens with zero attached hydrogens (tertiary/aromatic N) is 4. The highest BCUT2D eigenvalue weighted by atomic mass is 32.2. The zero-order valence-electron chi connectivity index (χ0n) is 81.5. The Balaban J connectivity index is 0.700. The van der Waals surface area contributed by atoms with E-state index in [9.17, 15) is 140 Å². The van der Waals surface area contributed by atoms with Gasteiger partial charge in [0.1, 0.15) is 224 Å². The molecule has 147 heavy (non-hydrogen) atoms. The van der Waals surface area contributed by atoms with Crippen molar-refractivity contribution in [1.82, 2.24) is 41.2 Å². The molecule has 22 aliphatic heterocycles. The molecule has 22 aliphatic rings. The predicted molar refractivity (Wildman–Crippen MR) is 489 cm³/mol. The number of aromatic nitrogens is 3. The monoisotopic (exact) mass is 2120 g/mol. The van der Waals surface area contributed by atoms with Crippen molar-refractivity contribution in [2.24, 2.45) is 11.8 Å². The van der Waals surface area contributed by atoms with Crippen molar-refractivity contribution in [2.75, 3.05) is 79.1 Å². The zero-order chi connectivity index (χ0) is 107. The number of ketones is 1. The van der Waals surface area contributed by atoms with Gasteiger partial charge in [0, 0.05) is 19.5 Å². The summed E-state index contributed by atoms with van der Waals surface area (Å²) in [4.78, 5) is 73.8. The third kappa shape index (κ3) is 28.2. The molecule has 3 aromatic carbocycles. The Morgan fingerprint density at radius 2 is 0.776 bits per heavy atom. The standard InChI is InChI=1S/C93H138N8O45S/c1-40(2)24-49(95-85(126)51(28-45-16-12-9-13-17-45)97-84(125)50(25-41(3)4)96-83(124)48(19-18-44-14-10-8-11-15-44)94-59(108)31-100-20-22-130-23-21-100)82(123)93(7,127)39-132-147(128,129)81-42(5)26-47(27-43(81)6)131-38-46-29-101(99-98-46)30-52-74-60(109)67(116)86(133-52)141-75-53(32-102)135-88(69(118)62(75)111)143-77-55(34-104)137-90(71(120)64(77)113)145-79-57(36-106)139-92(73(122)66(79)115)146-80-58(37-107)138-91(72(121)65(80)114)144-78-56(35-105)136-89(70(119)63(78)112)142-76-54(33-103)134-87(140-74)68(117)61(76)110/h8-17,26-27,29,40-41,48-58,60-80,86-92,102-107,109-122,127H,18-25,28,30-39H2,1-7H3,(H,94,108)(H,95,126)(H,96,124)(H,97,125)/t48-,49-,50-,51-,52?,53?,54?,55?,56?,57?,58?,60?,61?,62?,63?,64?,65?,66?,67?,68?,69?,70?,71?,72?,73?,74?,75?,76?,77?,78?,79?,80?,86?,87?,88?,89?,90?,91?,92?,93?/m0/s1. The fraction of sp³-hybridized carbons (Fsp3) is 0.731. The van der Waals surface area contributed by atoms with Gasteiger partial charge in [-0.05, 0) is 92.7 Å². The number of ether oxygens (including phenoxy) is 16. The first-order valence-corrected chi connectivity index (χ1v) is 50.0. The lowest BCUT2D eigenvalue weighted by Crippen LogP contribution is -2.68. The summed E-state index contributed by atoms with van der Waals surface area (Å²) in [6.45, 7) is 3.75. The number of amides is 4. The lowest BCUT2D eigenvalue weighted by atomic mass is 9.90. The molecule has 826 valence electrons. The van der Waals surface area contributed by atoms with E-state index in [4.69, 9.17) is 80.0 Å². The van der Waals surface area contributed by atoms with Crippen LogP contribution in [0.4, 0.5) is 0 Å². The summed E-state index contributed by atoms with van der Waals surface area (Å²) in [7, 11) is -4.92. The number of aliphatic hydroxyl groups excluding tert-OH is 20. The number of rotatable bonds is 35. The number of hydrogen-bond donors (Lipinski definition) is 25. The molecule has 25 N–H and O–H groups in total. The molecule has 53 nitrogen and oxygen atoms in total. The van der Waals surface area contributed by atoms with Gasteiger partial charge in [0.25, 0.3) is 10.1 Å². The first kappa shape index (κ1) is 117. The molecular formula is C93H138N8O45S. The third-order valence-electron chi connectivity index (χ3n) is 26.9. The molecule has 54 heteroatoms. The highest BCUT2D eigenvalue weighted by Gasteiger charge is 2.61. The maximum atomic E-state index is 14.9. The van der Waals surface area contributed by atoms with E-state index in [1.165, 1.54) is 32.2 Å². The molecule has 0 saturated carbocycles. The molecule has 0 radical (unpaired) electrons. The molecule has 23 heterocycles. The lowest BCUT2D eigenvalue weighted by Gasteiger charge is -2.50. The summed E-state index contributed by atoms with van der Waals surface area (Å²) in [6, 6.07) is 15.2. The number of hydrogen-bond acceptors (Lipinski definition) is 48. The van der Waals surface area contributed by atoms with E-state index in [0.29, 0.717) is 38.3 Å².